The highest BCUT2D eigenvalue weighted by Crippen LogP contribution is 2.50. The molecule has 3 rings (SSSR count). The molecule has 1 N–H and O–H groups in total. The van der Waals surface area contributed by atoms with Gasteiger partial charge in [-0.1, -0.05) is 6.07 Å². The number of nitrogens with zero attached hydrogens (tertiary/aromatic N) is 1. The standard InChI is InChI=1S/C17H23NO3/c1-18-9-8-17(7-6-13(19)11-16(17)18)12-4-5-14(20-2)15(10-12)21-3/h4-5,10-11,13,19H,6-9H2,1-3H3/t13-,17+/m1/s1/i3D3. The Labute approximate surface area is 130 Å². The highest BCUT2D eigenvalue weighted by molar-refractivity contribution is 5.49. The molecule has 4 heteroatoms. The van der Waals surface area contributed by atoms with Gasteiger partial charge in [-0.15, -0.1) is 0 Å². The zero-order chi connectivity index (χ0) is 17.5. The molecule has 1 heterocycles. The van der Waals surface area contributed by atoms with Gasteiger partial charge < -0.3 is 19.5 Å². The highest BCUT2D eigenvalue weighted by atomic mass is 16.5. The summed E-state index contributed by atoms with van der Waals surface area (Å²) in [5.41, 5.74) is 1.91. The van der Waals surface area contributed by atoms with E-state index >= 15 is 0 Å². The third-order valence-electron chi connectivity index (χ3n) is 4.82. The van der Waals surface area contributed by atoms with Crippen molar-refractivity contribution < 1.29 is 18.7 Å². The minimum atomic E-state index is -2.53. The minimum absolute atomic E-state index is 0.201. The molecule has 0 saturated carbocycles. The minimum Gasteiger partial charge on any atom is -0.493 e. The molecule has 1 aromatic carbocycles. The summed E-state index contributed by atoms with van der Waals surface area (Å²) >= 11 is 0. The van der Waals surface area contributed by atoms with Crippen LogP contribution in [-0.2, 0) is 5.41 Å². The summed E-state index contributed by atoms with van der Waals surface area (Å²) in [7, 11) is 0.984. The summed E-state index contributed by atoms with van der Waals surface area (Å²) < 4.78 is 32.5. The summed E-state index contributed by atoms with van der Waals surface area (Å²) in [6.07, 6.45) is 3.94. The SMILES string of the molecule is [2H]C([2H])([2H])Oc1cc([C@@]23CC[C@@H](O)C=C2N(C)CC3)ccc1OC. The van der Waals surface area contributed by atoms with Gasteiger partial charge in [-0.2, -0.15) is 0 Å². The maximum Gasteiger partial charge on any atom is 0.161 e. The Morgan fingerprint density at radius 2 is 2.19 bits per heavy atom. The number of aliphatic hydroxyl groups excluding tert-OH is 1. The van der Waals surface area contributed by atoms with E-state index in [1.807, 2.05) is 19.2 Å². The van der Waals surface area contributed by atoms with Crippen molar-refractivity contribution in [2.45, 2.75) is 30.8 Å². The van der Waals surface area contributed by atoms with E-state index in [4.69, 9.17) is 13.6 Å². The van der Waals surface area contributed by atoms with Gasteiger partial charge >= 0.3 is 0 Å². The molecule has 0 amide bonds. The number of hydrogen-bond donors (Lipinski definition) is 1. The molecular weight excluding hydrogens is 266 g/mol. The van der Waals surface area contributed by atoms with Crippen LogP contribution in [0.5, 0.6) is 11.5 Å². The van der Waals surface area contributed by atoms with Crippen LogP contribution < -0.4 is 9.47 Å². The van der Waals surface area contributed by atoms with Gasteiger partial charge in [-0.05, 0) is 43.0 Å². The van der Waals surface area contributed by atoms with Crippen LogP contribution in [0.2, 0.25) is 0 Å². The number of fused-ring (bicyclic) bond motifs is 1. The summed E-state index contributed by atoms with van der Waals surface area (Å²) in [4.78, 5) is 2.16. The lowest BCUT2D eigenvalue weighted by Crippen LogP contribution is -2.33. The van der Waals surface area contributed by atoms with Gasteiger partial charge in [0.2, 0.25) is 0 Å². The van der Waals surface area contributed by atoms with Crippen molar-refractivity contribution >= 4 is 0 Å². The average molecular weight is 292 g/mol. The molecule has 0 unspecified atom stereocenters. The van der Waals surface area contributed by atoms with E-state index in [1.165, 1.54) is 7.11 Å². The molecule has 2 atom stereocenters. The zero-order valence-electron chi connectivity index (χ0n) is 15.4. The second-order valence-corrected chi connectivity index (χ2v) is 5.88. The maximum absolute atomic E-state index is 10.0. The zero-order valence-corrected chi connectivity index (χ0v) is 12.4. The lowest BCUT2D eigenvalue weighted by molar-refractivity contribution is 0.181. The van der Waals surface area contributed by atoms with Gasteiger partial charge in [0.1, 0.15) is 0 Å². The van der Waals surface area contributed by atoms with Gasteiger partial charge in [0.15, 0.2) is 11.5 Å². The Morgan fingerprint density at radius 3 is 2.95 bits per heavy atom. The van der Waals surface area contributed by atoms with Crippen molar-refractivity contribution in [1.29, 1.82) is 0 Å². The van der Waals surface area contributed by atoms with Gasteiger partial charge in [0, 0.05) is 24.7 Å². The second kappa shape index (κ2) is 5.26. The molecule has 1 aliphatic carbocycles. The number of likely N-dealkylation sites (tertiary alicyclic amines) is 1. The van der Waals surface area contributed by atoms with E-state index in [0.29, 0.717) is 12.2 Å². The molecule has 0 bridgehead atoms. The Bertz CT molecular complexity index is 659. The van der Waals surface area contributed by atoms with E-state index in [0.717, 1.165) is 30.6 Å². The fraction of sp³-hybridized carbons (Fsp3) is 0.529. The normalized spacial score (nSPS) is 30.8. The molecule has 114 valence electrons. The first-order valence-electron chi connectivity index (χ1n) is 8.74. The number of hydrogen-bond acceptors (Lipinski definition) is 4. The van der Waals surface area contributed by atoms with Gasteiger partial charge in [0.25, 0.3) is 0 Å². The number of likely N-dealkylation sites (N-methyl/N-ethyl adjacent to an activating group) is 1. The molecule has 1 aromatic rings. The van der Waals surface area contributed by atoms with Crippen LogP contribution in [0.15, 0.2) is 30.0 Å². The first kappa shape index (κ1) is 11.0. The van der Waals surface area contributed by atoms with Gasteiger partial charge in [0.05, 0.1) is 24.4 Å². The van der Waals surface area contributed by atoms with Crippen molar-refractivity contribution in [3.05, 3.63) is 35.5 Å². The quantitative estimate of drug-likeness (QED) is 0.928. The molecular formula is C17H23NO3. The summed E-state index contributed by atoms with van der Waals surface area (Å²) in [5, 5.41) is 10.0. The molecule has 21 heavy (non-hydrogen) atoms. The van der Waals surface area contributed by atoms with Crippen molar-refractivity contribution in [2.24, 2.45) is 0 Å². The van der Waals surface area contributed by atoms with E-state index < -0.39 is 13.1 Å². The predicted octanol–water partition coefficient (Wildman–Crippen LogP) is 2.32. The van der Waals surface area contributed by atoms with E-state index in [9.17, 15) is 5.11 Å². The number of ether oxygens (including phenoxy) is 2. The number of allylic oxidation sites excluding steroid dienone is 1. The average Bonchev–Trinajstić information content (AvgIpc) is 2.84. The third kappa shape index (κ3) is 2.18. The van der Waals surface area contributed by atoms with Crippen LogP contribution in [0, 0.1) is 0 Å². The fourth-order valence-corrected chi connectivity index (χ4v) is 3.66. The Hall–Kier alpha value is -1.68. The summed E-state index contributed by atoms with van der Waals surface area (Å²) in [6, 6.07) is 5.50. The molecule has 1 fully saturated rings. The Morgan fingerprint density at radius 1 is 1.33 bits per heavy atom. The van der Waals surface area contributed by atoms with E-state index in [2.05, 4.69) is 4.90 Å². The van der Waals surface area contributed by atoms with Crippen LogP contribution in [-0.4, -0.2) is 43.9 Å². The van der Waals surface area contributed by atoms with Gasteiger partial charge in [-0.25, -0.2) is 0 Å². The number of benzene rings is 1. The Balaban J connectivity index is 2.06. The first-order valence-corrected chi connectivity index (χ1v) is 7.24. The molecule has 2 aliphatic rings. The van der Waals surface area contributed by atoms with Crippen LogP contribution in [0.1, 0.15) is 28.9 Å². The van der Waals surface area contributed by atoms with Gasteiger partial charge in [-0.3, -0.25) is 0 Å². The fourth-order valence-electron chi connectivity index (χ4n) is 3.66. The van der Waals surface area contributed by atoms with Crippen molar-refractivity contribution in [3.63, 3.8) is 0 Å². The van der Waals surface area contributed by atoms with Crippen LogP contribution in [0.25, 0.3) is 0 Å². The smallest absolute Gasteiger partial charge is 0.161 e. The topological polar surface area (TPSA) is 41.9 Å². The lowest BCUT2D eigenvalue weighted by Gasteiger charge is -2.37. The largest absolute Gasteiger partial charge is 0.493 e. The maximum atomic E-state index is 10.0. The number of aliphatic hydroxyl groups is 1. The Kier molecular flexibility index (Phi) is 2.75. The van der Waals surface area contributed by atoms with E-state index in [1.54, 1.807) is 12.1 Å². The molecule has 4 nitrogen and oxygen atoms in total. The molecule has 1 saturated heterocycles. The second-order valence-electron chi connectivity index (χ2n) is 5.88. The van der Waals surface area contributed by atoms with Crippen LogP contribution >= 0.6 is 0 Å². The van der Waals surface area contributed by atoms with Crippen molar-refractivity contribution in [1.82, 2.24) is 4.90 Å². The molecule has 1 aliphatic heterocycles. The third-order valence-corrected chi connectivity index (χ3v) is 4.82. The molecule has 0 aromatic heterocycles. The van der Waals surface area contributed by atoms with Crippen LogP contribution in [0.3, 0.4) is 0 Å². The first-order chi connectivity index (χ1) is 11.2. The molecule has 0 radical (unpaired) electrons. The molecule has 0 spiro atoms. The van der Waals surface area contributed by atoms with E-state index in [-0.39, 0.29) is 11.2 Å². The predicted molar refractivity (Wildman–Crippen MR) is 81.8 cm³/mol. The monoisotopic (exact) mass is 292 g/mol. The van der Waals surface area contributed by atoms with Crippen LogP contribution in [0.4, 0.5) is 0 Å². The van der Waals surface area contributed by atoms with Crippen molar-refractivity contribution in [3.8, 4) is 11.5 Å². The highest BCUT2D eigenvalue weighted by Gasteiger charge is 2.45. The number of methoxy groups -OCH3 is 2. The number of rotatable bonds is 3. The van der Waals surface area contributed by atoms with Crippen molar-refractivity contribution in [2.75, 3.05) is 27.7 Å². The lowest BCUT2D eigenvalue weighted by atomic mass is 9.70. The summed E-state index contributed by atoms with van der Waals surface area (Å²) in [5.74, 6) is 0.628. The summed E-state index contributed by atoms with van der Waals surface area (Å²) in [6.45, 7) is 0.903.